The fraction of sp³-hybridized carbons (Fsp3) is 0.200. The maximum absolute atomic E-state index is 13.0. The lowest BCUT2D eigenvalue weighted by molar-refractivity contribution is -0.116. The fourth-order valence-corrected chi connectivity index (χ4v) is 4.55. The molecule has 1 unspecified atom stereocenters. The first-order valence-corrected chi connectivity index (χ1v) is 10.9. The Morgan fingerprint density at radius 1 is 1.27 bits per heavy atom. The number of methoxy groups -OCH3 is 1. The van der Waals surface area contributed by atoms with Gasteiger partial charge in [0.25, 0.3) is 5.91 Å². The van der Waals surface area contributed by atoms with E-state index in [1.165, 1.54) is 6.92 Å². The van der Waals surface area contributed by atoms with E-state index < -0.39 is 17.3 Å². The highest BCUT2D eigenvalue weighted by molar-refractivity contribution is 9.10. The van der Waals surface area contributed by atoms with Crippen molar-refractivity contribution in [1.82, 2.24) is 9.71 Å². The van der Waals surface area contributed by atoms with Crippen molar-refractivity contribution in [2.75, 3.05) is 25.1 Å². The molecule has 0 spiro atoms. The van der Waals surface area contributed by atoms with Gasteiger partial charge in [0, 0.05) is 23.6 Å². The number of anilines is 1. The monoisotopic (exact) mass is 492 g/mol. The van der Waals surface area contributed by atoms with Gasteiger partial charge in [-0.25, -0.2) is 0 Å². The predicted molar refractivity (Wildman–Crippen MR) is 120 cm³/mol. The van der Waals surface area contributed by atoms with Crippen molar-refractivity contribution in [2.24, 2.45) is 5.73 Å². The first-order valence-electron chi connectivity index (χ1n) is 9.00. The van der Waals surface area contributed by atoms with Crippen molar-refractivity contribution in [2.45, 2.75) is 11.8 Å². The highest BCUT2D eigenvalue weighted by Gasteiger charge is 2.27. The van der Waals surface area contributed by atoms with Crippen LogP contribution < -0.4 is 20.1 Å². The molecule has 0 radical (unpaired) electrons. The van der Waals surface area contributed by atoms with Crippen molar-refractivity contribution in [3.63, 3.8) is 0 Å². The van der Waals surface area contributed by atoms with Gasteiger partial charge < -0.3 is 24.9 Å². The molecule has 30 heavy (non-hydrogen) atoms. The molecule has 10 heteroatoms. The summed E-state index contributed by atoms with van der Waals surface area (Å²) in [4.78, 5) is 28.7. The van der Waals surface area contributed by atoms with Gasteiger partial charge in [-0.15, -0.1) is 4.72 Å². The molecule has 158 valence electrons. The third-order valence-corrected chi connectivity index (χ3v) is 6.23. The molecular formula is C20H21BrN4O4S. The lowest BCUT2D eigenvalue weighted by Crippen LogP contribution is -2.38. The summed E-state index contributed by atoms with van der Waals surface area (Å²) < 4.78 is 21.8. The van der Waals surface area contributed by atoms with Crippen molar-refractivity contribution < 1.29 is 18.9 Å². The van der Waals surface area contributed by atoms with Crippen LogP contribution in [0.15, 0.2) is 51.8 Å². The smallest absolute Gasteiger partial charge is 0.270 e. The summed E-state index contributed by atoms with van der Waals surface area (Å²) in [5.74, 6) is -0.163. The van der Waals surface area contributed by atoms with Crippen LogP contribution in [0.1, 0.15) is 17.4 Å². The second-order valence-corrected chi connectivity index (χ2v) is 8.57. The van der Waals surface area contributed by atoms with E-state index >= 15 is 0 Å². The molecule has 0 aliphatic heterocycles. The van der Waals surface area contributed by atoms with Crippen LogP contribution in [0, 0.1) is 0 Å². The van der Waals surface area contributed by atoms with E-state index in [1.54, 1.807) is 48.4 Å². The summed E-state index contributed by atoms with van der Waals surface area (Å²) in [5.41, 5.74) is 6.91. The van der Waals surface area contributed by atoms with E-state index in [9.17, 15) is 14.1 Å². The molecule has 3 rings (SSSR count). The Morgan fingerprint density at radius 3 is 2.57 bits per heavy atom. The zero-order chi connectivity index (χ0) is 21.8. The molecule has 2 aromatic carbocycles. The standard InChI is InChI=1S/C20H21BrN4O4S/c1-12(26)25(14-4-6-15(29-2)7-5-14)10-9-23-30(28)19-16-11-13(21)3-8-17(16)24-18(19)20(22)27/h3-8,11,23-24H,9-10H2,1-2H3,(H2,22,27). The zero-order valence-electron chi connectivity index (χ0n) is 16.4. The Bertz CT molecular complexity index is 1070. The van der Waals surface area contributed by atoms with Crippen LogP contribution in [0.25, 0.3) is 10.9 Å². The first kappa shape index (κ1) is 22.2. The van der Waals surface area contributed by atoms with Gasteiger partial charge in [0.15, 0.2) is 5.69 Å². The molecule has 0 aliphatic rings. The minimum Gasteiger partial charge on any atom is -0.593 e. The number of amides is 2. The number of benzene rings is 2. The Morgan fingerprint density at radius 2 is 1.97 bits per heavy atom. The molecular weight excluding hydrogens is 472 g/mol. The van der Waals surface area contributed by atoms with Crippen molar-refractivity contribution in [1.29, 1.82) is 0 Å². The largest absolute Gasteiger partial charge is 0.593 e. The number of hydrogen-bond acceptors (Lipinski definition) is 5. The van der Waals surface area contributed by atoms with Crippen LogP contribution in [0.2, 0.25) is 0 Å². The maximum Gasteiger partial charge on any atom is 0.270 e. The van der Waals surface area contributed by atoms with Gasteiger partial charge in [-0.2, -0.15) is 0 Å². The van der Waals surface area contributed by atoms with E-state index in [4.69, 9.17) is 10.5 Å². The number of fused-ring (bicyclic) bond motifs is 1. The fourth-order valence-electron chi connectivity index (χ4n) is 3.06. The Kier molecular flexibility index (Phi) is 7.03. The van der Waals surface area contributed by atoms with Crippen LogP contribution in [-0.2, 0) is 16.2 Å². The van der Waals surface area contributed by atoms with Crippen molar-refractivity contribution in [3.8, 4) is 5.75 Å². The first-order chi connectivity index (χ1) is 14.3. The zero-order valence-corrected chi connectivity index (χ0v) is 18.8. The number of carbonyl (C=O) groups is 2. The molecule has 0 saturated carbocycles. The summed E-state index contributed by atoms with van der Waals surface area (Å²) in [6.07, 6.45) is 0. The average Bonchev–Trinajstić information content (AvgIpc) is 3.10. The number of primary amides is 1. The number of nitrogens with one attached hydrogen (secondary N) is 2. The molecule has 1 atom stereocenters. The third kappa shape index (κ3) is 4.78. The van der Waals surface area contributed by atoms with Crippen LogP contribution in [-0.4, -0.2) is 41.6 Å². The quantitative estimate of drug-likeness (QED) is 0.417. The van der Waals surface area contributed by atoms with Gasteiger partial charge in [0.1, 0.15) is 5.75 Å². The lowest BCUT2D eigenvalue weighted by Gasteiger charge is -2.22. The van der Waals surface area contributed by atoms with Gasteiger partial charge in [-0.1, -0.05) is 15.9 Å². The highest BCUT2D eigenvalue weighted by atomic mass is 79.9. The number of halogens is 1. The molecule has 0 aliphatic carbocycles. The molecule has 1 aromatic heterocycles. The number of aromatic nitrogens is 1. The molecule has 0 bridgehead atoms. The SMILES string of the molecule is COc1ccc(N(CCN[S+]([O-])c2c(C(N)=O)[nH]c3ccc(Br)cc23)C(C)=O)cc1. The lowest BCUT2D eigenvalue weighted by atomic mass is 10.2. The van der Waals surface area contributed by atoms with Gasteiger partial charge in [-0.3, -0.25) is 9.59 Å². The van der Waals surface area contributed by atoms with Gasteiger partial charge in [0.2, 0.25) is 10.8 Å². The molecule has 3 aromatic rings. The number of nitrogens with two attached hydrogens (primary N) is 1. The van der Waals surface area contributed by atoms with E-state index in [-0.39, 0.29) is 29.6 Å². The van der Waals surface area contributed by atoms with E-state index in [0.29, 0.717) is 22.3 Å². The maximum atomic E-state index is 13.0. The number of aromatic amines is 1. The summed E-state index contributed by atoms with van der Waals surface area (Å²) in [6.45, 7) is 1.98. The van der Waals surface area contributed by atoms with Crippen LogP contribution in [0.4, 0.5) is 5.69 Å². The minimum atomic E-state index is -1.72. The van der Waals surface area contributed by atoms with Crippen molar-refractivity contribution in [3.05, 3.63) is 52.6 Å². The normalized spacial score (nSPS) is 12.0. The minimum absolute atomic E-state index is 0.0903. The Balaban J connectivity index is 1.76. The van der Waals surface area contributed by atoms with Crippen molar-refractivity contribution >= 4 is 55.7 Å². The van der Waals surface area contributed by atoms with E-state index in [2.05, 4.69) is 25.6 Å². The summed E-state index contributed by atoms with van der Waals surface area (Å²) in [7, 11) is 1.57. The molecule has 8 nitrogen and oxygen atoms in total. The van der Waals surface area contributed by atoms with Crippen LogP contribution in [0.5, 0.6) is 5.75 Å². The van der Waals surface area contributed by atoms with E-state index in [0.717, 1.165) is 4.47 Å². The Labute approximate surface area is 185 Å². The molecule has 0 saturated heterocycles. The summed E-state index contributed by atoms with van der Waals surface area (Å²) in [5, 5.41) is 0.627. The molecule has 0 fully saturated rings. The van der Waals surface area contributed by atoms with Gasteiger partial charge >= 0.3 is 0 Å². The average molecular weight is 493 g/mol. The second-order valence-electron chi connectivity index (χ2n) is 6.42. The van der Waals surface area contributed by atoms with Crippen LogP contribution in [0.3, 0.4) is 0 Å². The number of rotatable bonds is 8. The third-order valence-electron chi connectivity index (χ3n) is 4.48. The highest BCUT2D eigenvalue weighted by Crippen LogP contribution is 2.29. The topological polar surface area (TPSA) is 124 Å². The number of carbonyl (C=O) groups excluding carboxylic acids is 2. The summed E-state index contributed by atoms with van der Waals surface area (Å²) in [6, 6.07) is 12.4. The van der Waals surface area contributed by atoms with Gasteiger partial charge in [-0.05, 0) is 42.5 Å². The number of ether oxygens (including phenoxy) is 1. The predicted octanol–water partition coefficient (Wildman–Crippen LogP) is 2.70. The summed E-state index contributed by atoms with van der Waals surface area (Å²) >= 11 is 1.66. The molecule has 2 amide bonds. The second kappa shape index (κ2) is 9.52. The Hall–Kier alpha value is -2.53. The number of hydrogen-bond donors (Lipinski definition) is 3. The molecule has 4 N–H and O–H groups in total. The van der Waals surface area contributed by atoms with Gasteiger partial charge in [0.05, 0.1) is 35.9 Å². The number of H-pyrrole nitrogens is 1. The van der Waals surface area contributed by atoms with Crippen LogP contribution >= 0.6 is 15.9 Å². The molecule has 1 heterocycles. The van der Waals surface area contributed by atoms with E-state index in [1.807, 2.05) is 6.07 Å². The number of nitrogens with zero attached hydrogens (tertiary/aromatic N) is 1.